The van der Waals surface area contributed by atoms with Crippen molar-refractivity contribution in [1.29, 1.82) is 0 Å². The van der Waals surface area contributed by atoms with Crippen molar-refractivity contribution in [3.05, 3.63) is 0 Å². The van der Waals surface area contributed by atoms with Crippen molar-refractivity contribution < 1.29 is 29.7 Å². The normalized spacial score (nSPS) is 42.9. The van der Waals surface area contributed by atoms with Crippen LogP contribution in [0.25, 0.3) is 0 Å². The second-order valence-corrected chi connectivity index (χ2v) is 10.4. The van der Waals surface area contributed by atoms with E-state index in [4.69, 9.17) is 0 Å². The molecule has 1 aliphatic rings. The van der Waals surface area contributed by atoms with E-state index in [0.29, 0.717) is 7.11 Å². The fourth-order valence-corrected chi connectivity index (χ4v) is 8.03. The van der Waals surface area contributed by atoms with Gasteiger partial charge in [0.2, 0.25) is 24.5 Å². The van der Waals surface area contributed by atoms with Gasteiger partial charge in [-0.15, -0.1) is 12.9 Å². The summed E-state index contributed by atoms with van der Waals surface area (Å²) in [6.07, 6.45) is 0. The zero-order valence-corrected chi connectivity index (χ0v) is 13.1. The molecule has 108 valence electrons. The number of rotatable bonds is 1. The Labute approximate surface area is 100 Å². The smallest absolute Gasteiger partial charge is 0.307 e. The molecule has 6 nitrogen and oxygen atoms in total. The van der Waals surface area contributed by atoms with E-state index in [2.05, 4.69) is 27.1 Å². The first-order valence-corrected chi connectivity index (χ1v) is 10.6. The van der Waals surface area contributed by atoms with Gasteiger partial charge >= 0.3 is 15.6 Å². The molecular formula is CH6F6N5OP5. The van der Waals surface area contributed by atoms with Crippen LogP contribution in [0.15, 0.2) is 22.6 Å². The van der Waals surface area contributed by atoms with Gasteiger partial charge in [-0.2, -0.15) is 34.8 Å². The van der Waals surface area contributed by atoms with E-state index in [0.717, 1.165) is 0 Å². The Morgan fingerprint density at radius 2 is 1.50 bits per heavy atom. The lowest BCUT2D eigenvalue weighted by molar-refractivity contribution is 0.421. The number of hydrogen-bond acceptors (Lipinski definition) is 6. The topological polar surface area (TPSA) is 71.0 Å². The predicted octanol–water partition coefficient (Wildman–Crippen LogP) is 7.04. The molecule has 4 atom stereocenters. The molecule has 0 aromatic rings. The average Bonchev–Trinajstić information content (AvgIpc) is 2.12. The Balaban J connectivity index is 3.60. The molecule has 1 rings (SSSR count). The Morgan fingerprint density at radius 1 is 0.944 bits per heavy atom. The van der Waals surface area contributed by atoms with Gasteiger partial charge in [0.15, 0.2) is 0 Å². The van der Waals surface area contributed by atoms with E-state index in [1.165, 1.54) is 0 Å². The molecule has 0 aromatic heterocycles. The Morgan fingerprint density at radius 3 is 2.06 bits per heavy atom. The third kappa shape index (κ3) is 5.36. The van der Waals surface area contributed by atoms with E-state index < -0.39 is 40.1 Å². The van der Waals surface area contributed by atoms with Gasteiger partial charge in [-0.05, 0) is 0 Å². The van der Waals surface area contributed by atoms with E-state index in [1.807, 2.05) is 0 Å². The van der Waals surface area contributed by atoms with Crippen molar-refractivity contribution in [2.45, 2.75) is 0 Å². The van der Waals surface area contributed by atoms with Crippen LogP contribution in [-0.4, -0.2) is 7.11 Å². The highest BCUT2D eigenvalue weighted by molar-refractivity contribution is 7.72. The highest BCUT2D eigenvalue weighted by Gasteiger charge is 2.28. The highest BCUT2D eigenvalue weighted by Crippen LogP contribution is 2.73. The summed E-state index contributed by atoms with van der Waals surface area (Å²) < 4.78 is 94.6. The molecule has 0 bridgehead atoms. The SMILES string of the molecule is COP1(F)=NP(F)(F)=N\[PH](F)=N/[PH](F)=N\[PH](F)=N/1. The first kappa shape index (κ1) is 16.7. The summed E-state index contributed by atoms with van der Waals surface area (Å²) in [4.78, 5) is 0. The quantitative estimate of drug-likeness (QED) is 0.359. The summed E-state index contributed by atoms with van der Waals surface area (Å²) in [5.41, 5.74) is 0. The van der Waals surface area contributed by atoms with E-state index >= 15 is 0 Å². The lowest BCUT2D eigenvalue weighted by atomic mass is 11.8. The lowest BCUT2D eigenvalue weighted by Crippen LogP contribution is -1.72. The summed E-state index contributed by atoms with van der Waals surface area (Å²) in [6, 6.07) is 0. The molecule has 0 saturated heterocycles. The maximum Gasteiger partial charge on any atom is 0.423 e. The van der Waals surface area contributed by atoms with Gasteiger partial charge in [-0.1, -0.05) is 0 Å². The van der Waals surface area contributed by atoms with Crippen LogP contribution in [0.3, 0.4) is 0 Å². The molecule has 18 heavy (non-hydrogen) atoms. The van der Waals surface area contributed by atoms with E-state index in [-0.39, 0.29) is 0 Å². The number of nitrogens with zero attached hydrogens (tertiary/aromatic N) is 5. The first-order valence-electron chi connectivity index (χ1n) is 3.81. The van der Waals surface area contributed by atoms with Crippen LogP contribution in [0.2, 0.25) is 0 Å². The van der Waals surface area contributed by atoms with Crippen LogP contribution < -0.4 is 0 Å². The van der Waals surface area contributed by atoms with Gasteiger partial charge in [-0.3, -0.25) is 0 Å². The molecule has 0 N–H and O–H groups in total. The molecule has 1 heterocycles. The lowest BCUT2D eigenvalue weighted by Gasteiger charge is -2.09. The average molecular weight is 373 g/mol. The maximum absolute atomic E-state index is 13.6. The van der Waals surface area contributed by atoms with Gasteiger partial charge in [0.1, 0.15) is 0 Å². The Bertz CT molecular complexity index is 547. The first-order chi connectivity index (χ1) is 8.16. The summed E-state index contributed by atoms with van der Waals surface area (Å²) in [5.74, 6) is 0. The van der Waals surface area contributed by atoms with Gasteiger partial charge < -0.3 is 4.52 Å². The zero-order valence-electron chi connectivity index (χ0n) is 8.31. The van der Waals surface area contributed by atoms with Gasteiger partial charge in [0.05, 0.1) is 0 Å². The van der Waals surface area contributed by atoms with Crippen LogP contribution in [-0.2, 0) is 4.52 Å². The molecule has 0 amide bonds. The van der Waals surface area contributed by atoms with Crippen LogP contribution in [0.1, 0.15) is 0 Å². The van der Waals surface area contributed by atoms with Crippen molar-refractivity contribution in [2.24, 2.45) is 22.6 Å². The number of hydrogen-bond donors (Lipinski definition) is 0. The fourth-order valence-electron chi connectivity index (χ4n) is 0.673. The summed E-state index contributed by atoms with van der Waals surface area (Å²) in [5, 5.41) is 0. The van der Waals surface area contributed by atoms with Crippen LogP contribution in [0.4, 0.5) is 25.2 Å². The Hall–Kier alpha value is 0.690. The molecule has 0 radical (unpaired) electrons. The molecule has 0 saturated carbocycles. The minimum atomic E-state index is -5.76. The molecule has 1 aliphatic heterocycles. The molecule has 0 fully saturated rings. The minimum Gasteiger partial charge on any atom is -0.307 e. The van der Waals surface area contributed by atoms with Crippen molar-refractivity contribution in [2.75, 3.05) is 7.11 Å². The molecule has 4 unspecified atom stereocenters. The summed E-state index contributed by atoms with van der Waals surface area (Å²) >= 11 is 0. The summed E-state index contributed by atoms with van der Waals surface area (Å²) in [7, 11) is -21.7. The third-order valence-electron chi connectivity index (χ3n) is 1.23. The van der Waals surface area contributed by atoms with Gasteiger partial charge in [0, 0.05) is 7.11 Å². The predicted molar refractivity (Wildman–Crippen MR) is 64.6 cm³/mol. The van der Waals surface area contributed by atoms with Crippen molar-refractivity contribution in [3.63, 3.8) is 0 Å². The zero-order chi connectivity index (χ0) is 14.0. The monoisotopic (exact) mass is 373 g/mol. The van der Waals surface area contributed by atoms with Crippen LogP contribution in [0.5, 0.6) is 0 Å². The van der Waals surface area contributed by atoms with Gasteiger partial charge in [0.25, 0.3) is 0 Å². The molecule has 0 aromatic carbocycles. The van der Waals surface area contributed by atoms with Crippen molar-refractivity contribution in [3.8, 4) is 0 Å². The van der Waals surface area contributed by atoms with Crippen molar-refractivity contribution >= 4 is 40.1 Å². The second-order valence-electron chi connectivity index (χ2n) is 2.43. The molecular weight excluding hydrogens is 367 g/mol. The van der Waals surface area contributed by atoms with Crippen molar-refractivity contribution in [1.82, 2.24) is 0 Å². The third-order valence-corrected chi connectivity index (χ3v) is 9.66. The molecule has 0 aliphatic carbocycles. The minimum absolute atomic E-state index is 0.634. The molecule has 0 spiro atoms. The standard InChI is InChI=1S/CH6F6N5OP5/c1-13-18(7)11-16(4)9-14(2)8-15(3)10-17(5,6)12-18/h14-16H,1H3. The highest BCUT2D eigenvalue weighted by atomic mass is 31.3. The maximum atomic E-state index is 13.6. The van der Waals surface area contributed by atoms with E-state index in [9.17, 15) is 25.2 Å². The van der Waals surface area contributed by atoms with Crippen LogP contribution >= 0.6 is 40.1 Å². The summed E-state index contributed by atoms with van der Waals surface area (Å²) in [6.45, 7) is 0. The van der Waals surface area contributed by atoms with Gasteiger partial charge in [-0.25, -0.2) is 0 Å². The van der Waals surface area contributed by atoms with E-state index in [1.54, 1.807) is 0 Å². The second kappa shape index (κ2) is 6.43. The fraction of sp³-hybridized carbons (Fsp3) is 1.00. The number of halogens is 6. The largest absolute Gasteiger partial charge is 0.423 e. The molecule has 17 heteroatoms. The Kier molecular flexibility index (Phi) is 5.98. The van der Waals surface area contributed by atoms with Crippen LogP contribution in [0, 0.1) is 0 Å².